The van der Waals surface area contributed by atoms with Gasteiger partial charge in [-0.1, -0.05) is 30.3 Å². The van der Waals surface area contributed by atoms with Crippen LogP contribution in [0.4, 0.5) is 11.5 Å². The number of likely N-dealkylation sites (N-methyl/N-ethyl adjacent to an activating group) is 1. The van der Waals surface area contributed by atoms with E-state index < -0.39 is 0 Å². The Balaban J connectivity index is 1.53. The lowest BCUT2D eigenvalue weighted by Crippen LogP contribution is -2.31. The topological polar surface area (TPSA) is 70.3 Å². The minimum Gasteiger partial charge on any atom is -0.376 e. The van der Waals surface area contributed by atoms with Crippen molar-refractivity contribution in [3.63, 3.8) is 0 Å². The molecule has 2 aromatic carbocycles. The predicted octanol–water partition coefficient (Wildman–Crippen LogP) is 4.38. The van der Waals surface area contributed by atoms with Crippen molar-refractivity contribution in [3.05, 3.63) is 59.3 Å². The summed E-state index contributed by atoms with van der Waals surface area (Å²) in [5.74, 6) is 0.420. The Kier molecular flexibility index (Phi) is 5.97. The molecule has 0 aliphatic carbocycles. The molecule has 0 unspecified atom stereocenters. The monoisotopic (exact) mass is 416 g/mol. The number of nitrogens with zero attached hydrogens (tertiary/aromatic N) is 3. The Labute approximate surface area is 183 Å². The maximum atomic E-state index is 12.9. The van der Waals surface area contributed by atoms with E-state index in [-0.39, 0.29) is 18.6 Å². The Morgan fingerprint density at radius 2 is 2.03 bits per heavy atom. The Morgan fingerprint density at radius 1 is 1.26 bits per heavy atom. The first kappa shape index (κ1) is 21.0. The zero-order chi connectivity index (χ0) is 22.0. The molecule has 1 aliphatic rings. The summed E-state index contributed by atoms with van der Waals surface area (Å²) >= 11 is 0. The quantitative estimate of drug-likeness (QED) is 0.647. The van der Waals surface area contributed by atoms with Crippen LogP contribution >= 0.6 is 0 Å². The third-order valence-corrected chi connectivity index (χ3v) is 6.16. The van der Waals surface area contributed by atoms with Gasteiger partial charge in [-0.2, -0.15) is 5.26 Å². The number of hydrogen-bond donors (Lipinski definition) is 1. The summed E-state index contributed by atoms with van der Waals surface area (Å²) in [6.07, 6.45) is 2.16. The summed E-state index contributed by atoms with van der Waals surface area (Å²) in [5, 5.41) is 15.0. The fourth-order valence-corrected chi connectivity index (χ4v) is 4.24. The number of hydrogen-bond acceptors (Lipinski definition) is 4. The molecule has 1 saturated heterocycles. The van der Waals surface area contributed by atoms with E-state index in [4.69, 9.17) is 4.74 Å². The lowest BCUT2D eigenvalue weighted by molar-refractivity contribution is -0.115. The van der Waals surface area contributed by atoms with E-state index in [9.17, 15) is 10.1 Å². The van der Waals surface area contributed by atoms with Crippen molar-refractivity contribution in [2.24, 2.45) is 0 Å². The Bertz CT molecular complexity index is 1150. The van der Waals surface area contributed by atoms with Gasteiger partial charge in [-0.15, -0.1) is 0 Å². The highest BCUT2D eigenvalue weighted by molar-refractivity contribution is 5.95. The van der Waals surface area contributed by atoms with Crippen LogP contribution in [-0.4, -0.2) is 36.8 Å². The van der Waals surface area contributed by atoms with Crippen LogP contribution in [0.1, 0.15) is 29.7 Å². The molecule has 3 aromatic rings. The van der Waals surface area contributed by atoms with Crippen molar-refractivity contribution in [3.8, 4) is 6.07 Å². The highest BCUT2D eigenvalue weighted by Crippen LogP contribution is 2.28. The van der Waals surface area contributed by atoms with Gasteiger partial charge < -0.3 is 19.5 Å². The molecule has 0 bridgehead atoms. The van der Waals surface area contributed by atoms with Crippen molar-refractivity contribution in [1.29, 1.82) is 5.26 Å². The number of carbonyl (C=O) groups excluding carboxylic acids is 1. The molecule has 31 heavy (non-hydrogen) atoms. The molecule has 1 aromatic heterocycles. The molecule has 1 fully saturated rings. The molecule has 2 heterocycles. The van der Waals surface area contributed by atoms with Gasteiger partial charge in [-0.3, -0.25) is 4.79 Å². The SMILES string of the molecule is Cc1c(C#N)c(NC(=O)CN(C)c2ccc3ccccc3c2)n(C[C@@H]2CCCO2)c1C. The summed E-state index contributed by atoms with van der Waals surface area (Å²) in [5.41, 5.74) is 3.39. The molecule has 6 heteroatoms. The normalized spacial score (nSPS) is 15.7. The van der Waals surface area contributed by atoms with Crippen LogP contribution in [0, 0.1) is 25.2 Å². The third-order valence-electron chi connectivity index (χ3n) is 6.16. The zero-order valence-corrected chi connectivity index (χ0v) is 18.3. The van der Waals surface area contributed by atoms with Gasteiger partial charge in [-0.05, 0) is 55.2 Å². The van der Waals surface area contributed by atoms with Gasteiger partial charge in [0.05, 0.1) is 24.8 Å². The van der Waals surface area contributed by atoms with Crippen LogP contribution in [0.2, 0.25) is 0 Å². The van der Waals surface area contributed by atoms with Crippen LogP contribution in [0.3, 0.4) is 0 Å². The van der Waals surface area contributed by atoms with Crippen LogP contribution in [0.15, 0.2) is 42.5 Å². The lowest BCUT2D eigenvalue weighted by atomic mass is 10.1. The van der Waals surface area contributed by atoms with Crippen molar-refractivity contribution < 1.29 is 9.53 Å². The average Bonchev–Trinajstić information content (AvgIpc) is 3.36. The van der Waals surface area contributed by atoms with Crippen LogP contribution in [-0.2, 0) is 16.1 Å². The third kappa shape index (κ3) is 4.28. The number of carbonyl (C=O) groups is 1. The molecular formula is C25H28N4O2. The summed E-state index contributed by atoms with van der Waals surface area (Å²) in [7, 11) is 1.90. The first-order valence-electron chi connectivity index (χ1n) is 10.7. The number of rotatable bonds is 6. The minimum absolute atomic E-state index is 0.118. The van der Waals surface area contributed by atoms with E-state index in [1.807, 2.05) is 48.6 Å². The molecule has 0 saturated carbocycles. The number of nitriles is 1. The summed E-state index contributed by atoms with van der Waals surface area (Å²) < 4.78 is 7.81. The molecular weight excluding hydrogens is 388 g/mol. The first-order valence-corrected chi connectivity index (χ1v) is 10.7. The summed E-state index contributed by atoms with van der Waals surface area (Å²) in [6.45, 7) is 5.52. The molecule has 1 N–H and O–H groups in total. The van der Waals surface area contributed by atoms with E-state index in [0.29, 0.717) is 17.9 Å². The van der Waals surface area contributed by atoms with Crippen molar-refractivity contribution in [1.82, 2.24) is 4.57 Å². The minimum atomic E-state index is -0.154. The Morgan fingerprint density at radius 3 is 2.74 bits per heavy atom. The van der Waals surface area contributed by atoms with Crippen molar-refractivity contribution in [2.75, 3.05) is 30.4 Å². The largest absolute Gasteiger partial charge is 0.376 e. The molecule has 0 spiro atoms. The van der Waals surface area contributed by atoms with Crippen molar-refractivity contribution >= 4 is 28.2 Å². The van der Waals surface area contributed by atoms with Gasteiger partial charge >= 0.3 is 0 Å². The molecule has 1 aliphatic heterocycles. The van der Waals surface area contributed by atoms with Crippen LogP contribution in [0.25, 0.3) is 10.8 Å². The smallest absolute Gasteiger partial charge is 0.245 e. The van der Waals surface area contributed by atoms with Crippen LogP contribution < -0.4 is 10.2 Å². The number of benzene rings is 2. The van der Waals surface area contributed by atoms with E-state index >= 15 is 0 Å². The van der Waals surface area contributed by atoms with E-state index in [1.165, 1.54) is 5.39 Å². The van der Waals surface area contributed by atoms with Gasteiger partial charge in [-0.25, -0.2) is 0 Å². The average molecular weight is 417 g/mol. The number of ether oxygens (including phenoxy) is 1. The summed E-state index contributed by atoms with van der Waals surface area (Å²) in [4.78, 5) is 14.8. The van der Waals surface area contributed by atoms with Gasteiger partial charge in [0.25, 0.3) is 0 Å². The van der Waals surface area contributed by atoms with Gasteiger partial charge in [0.1, 0.15) is 11.9 Å². The zero-order valence-electron chi connectivity index (χ0n) is 18.3. The second-order valence-corrected chi connectivity index (χ2v) is 8.23. The fraction of sp³-hybridized carbons (Fsp3) is 0.360. The van der Waals surface area contributed by atoms with E-state index in [0.717, 1.165) is 41.8 Å². The number of anilines is 2. The molecule has 4 rings (SSSR count). The number of aromatic nitrogens is 1. The fourth-order valence-electron chi connectivity index (χ4n) is 4.24. The number of nitrogens with one attached hydrogen (secondary N) is 1. The van der Waals surface area contributed by atoms with Crippen LogP contribution in [0.5, 0.6) is 0 Å². The predicted molar refractivity (Wildman–Crippen MR) is 123 cm³/mol. The lowest BCUT2D eigenvalue weighted by Gasteiger charge is -2.21. The number of fused-ring (bicyclic) bond motifs is 1. The van der Waals surface area contributed by atoms with Gasteiger partial charge in [0.15, 0.2) is 0 Å². The van der Waals surface area contributed by atoms with Gasteiger partial charge in [0.2, 0.25) is 5.91 Å². The van der Waals surface area contributed by atoms with Gasteiger partial charge in [0, 0.05) is 25.0 Å². The van der Waals surface area contributed by atoms with E-state index in [1.54, 1.807) is 0 Å². The second kappa shape index (κ2) is 8.83. The molecule has 6 nitrogen and oxygen atoms in total. The van der Waals surface area contributed by atoms with E-state index in [2.05, 4.69) is 35.7 Å². The molecule has 1 amide bonds. The molecule has 160 valence electrons. The Hall–Kier alpha value is -3.30. The standard InChI is InChI=1S/C25H28N4O2/c1-17-18(2)29(15-22-9-6-12-31-22)25(23(17)14-26)27-24(30)16-28(3)21-11-10-19-7-4-5-8-20(19)13-21/h4-5,7-8,10-11,13,22H,6,9,12,15-16H2,1-3H3,(H,27,30)/t22-/m0/s1. The molecule has 0 radical (unpaired) electrons. The number of amides is 1. The second-order valence-electron chi connectivity index (χ2n) is 8.23. The molecule has 1 atom stereocenters. The highest BCUT2D eigenvalue weighted by atomic mass is 16.5. The maximum Gasteiger partial charge on any atom is 0.245 e. The maximum absolute atomic E-state index is 12.9. The highest BCUT2D eigenvalue weighted by Gasteiger charge is 2.24. The van der Waals surface area contributed by atoms with Crippen molar-refractivity contribution in [2.45, 2.75) is 39.3 Å². The summed E-state index contributed by atoms with van der Waals surface area (Å²) in [6, 6.07) is 16.6. The first-order chi connectivity index (χ1) is 15.0.